The maximum Gasteiger partial charge on any atom is 0.262 e. The fourth-order valence-electron chi connectivity index (χ4n) is 4.21. The lowest BCUT2D eigenvalue weighted by atomic mass is 10.1. The highest BCUT2D eigenvalue weighted by Crippen LogP contribution is 2.40. The van der Waals surface area contributed by atoms with Crippen LogP contribution in [0.5, 0.6) is 17.2 Å². The average Bonchev–Trinajstić information content (AvgIpc) is 3.44. The summed E-state index contributed by atoms with van der Waals surface area (Å²) in [6.07, 6.45) is 2.94. The van der Waals surface area contributed by atoms with Crippen molar-refractivity contribution in [3.8, 4) is 22.9 Å². The third-order valence-electron chi connectivity index (χ3n) is 6.16. The molecule has 40 heavy (non-hydrogen) atoms. The Morgan fingerprint density at radius 2 is 1.52 bits per heavy atom. The Labute approximate surface area is 231 Å². The lowest BCUT2D eigenvalue weighted by molar-refractivity contribution is 0.102. The Hall–Kier alpha value is -5.03. The van der Waals surface area contributed by atoms with Crippen molar-refractivity contribution in [2.24, 2.45) is 0 Å². The Morgan fingerprint density at radius 1 is 0.800 bits per heavy atom. The fourth-order valence-corrected chi connectivity index (χ4v) is 5.27. The summed E-state index contributed by atoms with van der Waals surface area (Å²) in [7, 11) is 0.641. The minimum atomic E-state index is -3.84. The molecule has 5 rings (SSSR count). The smallest absolute Gasteiger partial charge is 0.262 e. The van der Waals surface area contributed by atoms with Crippen molar-refractivity contribution in [1.29, 1.82) is 0 Å². The molecule has 0 aliphatic heterocycles. The monoisotopic (exact) mass is 558 g/mol. The minimum Gasteiger partial charge on any atom is -0.493 e. The number of sulfonamides is 1. The molecule has 0 aliphatic rings. The number of nitrogens with zero attached hydrogens (tertiary/aromatic N) is 2. The van der Waals surface area contributed by atoms with Gasteiger partial charge in [0.25, 0.3) is 15.9 Å². The number of ether oxygens (including phenoxy) is 3. The lowest BCUT2D eigenvalue weighted by Gasteiger charge is -2.14. The van der Waals surface area contributed by atoms with Crippen LogP contribution in [0.1, 0.15) is 10.4 Å². The zero-order valence-electron chi connectivity index (χ0n) is 21.9. The van der Waals surface area contributed by atoms with Crippen LogP contribution in [-0.2, 0) is 10.0 Å². The number of hydrogen-bond donors (Lipinski definition) is 2. The SMILES string of the molecule is COc1cc(NC(=O)c2cccc(-n3cc(NS(=O)(=O)c4ccc5ccccc5c4)cn3)c2)cc(OC)c1OC. The number of amides is 1. The maximum atomic E-state index is 13.0. The van der Waals surface area contributed by atoms with Crippen molar-refractivity contribution in [2.45, 2.75) is 4.90 Å². The van der Waals surface area contributed by atoms with Crippen molar-refractivity contribution >= 4 is 38.1 Å². The predicted molar refractivity (Wildman–Crippen MR) is 152 cm³/mol. The van der Waals surface area contributed by atoms with E-state index in [2.05, 4.69) is 15.1 Å². The van der Waals surface area contributed by atoms with Gasteiger partial charge in [0.2, 0.25) is 5.75 Å². The van der Waals surface area contributed by atoms with Gasteiger partial charge in [0.15, 0.2) is 11.5 Å². The van der Waals surface area contributed by atoms with E-state index in [4.69, 9.17) is 14.2 Å². The predicted octanol–water partition coefficient (Wildman–Crippen LogP) is 5.10. The molecule has 0 saturated heterocycles. The van der Waals surface area contributed by atoms with Gasteiger partial charge in [-0.05, 0) is 41.1 Å². The number of carbonyl (C=O) groups is 1. The van der Waals surface area contributed by atoms with Crippen LogP contribution in [0, 0.1) is 0 Å². The average molecular weight is 559 g/mol. The van der Waals surface area contributed by atoms with Crippen LogP contribution < -0.4 is 24.2 Å². The quantitative estimate of drug-likeness (QED) is 0.258. The van der Waals surface area contributed by atoms with Gasteiger partial charge in [-0.3, -0.25) is 9.52 Å². The molecular formula is C29H26N4O6S. The fraction of sp³-hybridized carbons (Fsp3) is 0.103. The third-order valence-corrected chi connectivity index (χ3v) is 7.54. The summed E-state index contributed by atoms with van der Waals surface area (Å²) in [5.41, 5.74) is 1.66. The van der Waals surface area contributed by atoms with Gasteiger partial charge in [0, 0.05) is 23.4 Å². The largest absolute Gasteiger partial charge is 0.493 e. The summed E-state index contributed by atoms with van der Waals surface area (Å²) < 4.78 is 46.1. The highest BCUT2D eigenvalue weighted by molar-refractivity contribution is 7.92. The summed E-state index contributed by atoms with van der Waals surface area (Å²) >= 11 is 0. The van der Waals surface area contributed by atoms with Gasteiger partial charge < -0.3 is 19.5 Å². The van der Waals surface area contributed by atoms with Crippen LogP contribution in [0.15, 0.2) is 96.2 Å². The van der Waals surface area contributed by atoms with Gasteiger partial charge in [0.1, 0.15) is 0 Å². The zero-order valence-corrected chi connectivity index (χ0v) is 22.7. The number of nitrogens with one attached hydrogen (secondary N) is 2. The second-order valence-electron chi connectivity index (χ2n) is 8.71. The summed E-state index contributed by atoms with van der Waals surface area (Å²) in [5, 5.41) is 8.87. The first-order valence-electron chi connectivity index (χ1n) is 12.1. The molecule has 11 heteroatoms. The number of methoxy groups -OCH3 is 3. The van der Waals surface area contributed by atoms with E-state index in [0.717, 1.165) is 10.8 Å². The van der Waals surface area contributed by atoms with Gasteiger partial charge in [-0.1, -0.05) is 36.4 Å². The van der Waals surface area contributed by atoms with Gasteiger partial charge in [0.05, 0.1) is 50.0 Å². The third kappa shape index (κ3) is 5.40. The normalized spacial score (nSPS) is 11.2. The molecule has 2 N–H and O–H groups in total. The number of rotatable bonds is 9. The molecule has 10 nitrogen and oxygen atoms in total. The molecular weight excluding hydrogens is 532 g/mol. The number of aromatic nitrogens is 2. The second kappa shape index (κ2) is 11.0. The van der Waals surface area contributed by atoms with Crippen molar-refractivity contribution < 1.29 is 27.4 Å². The summed E-state index contributed by atoms with van der Waals surface area (Å²) in [4.78, 5) is 13.2. The van der Waals surface area contributed by atoms with E-state index in [1.807, 2.05) is 24.3 Å². The number of fused-ring (bicyclic) bond motifs is 1. The first kappa shape index (κ1) is 26.6. The molecule has 1 aromatic heterocycles. The zero-order chi connectivity index (χ0) is 28.3. The number of hydrogen-bond acceptors (Lipinski definition) is 7. The Morgan fingerprint density at radius 3 is 2.23 bits per heavy atom. The van der Waals surface area contributed by atoms with E-state index in [1.54, 1.807) is 54.6 Å². The van der Waals surface area contributed by atoms with Gasteiger partial charge in [-0.15, -0.1) is 0 Å². The first-order chi connectivity index (χ1) is 19.3. The van der Waals surface area contributed by atoms with Gasteiger partial charge in [-0.25, -0.2) is 13.1 Å². The molecule has 0 bridgehead atoms. The van der Waals surface area contributed by atoms with Crippen LogP contribution in [0.2, 0.25) is 0 Å². The van der Waals surface area contributed by atoms with E-state index < -0.39 is 10.0 Å². The number of benzene rings is 4. The molecule has 0 unspecified atom stereocenters. The number of anilines is 2. The Kier molecular flexibility index (Phi) is 7.30. The molecule has 0 fully saturated rings. The highest BCUT2D eigenvalue weighted by Gasteiger charge is 2.18. The van der Waals surface area contributed by atoms with Crippen molar-refractivity contribution in [1.82, 2.24) is 9.78 Å². The van der Waals surface area contributed by atoms with Gasteiger partial charge >= 0.3 is 0 Å². The maximum absolute atomic E-state index is 13.0. The first-order valence-corrected chi connectivity index (χ1v) is 13.6. The highest BCUT2D eigenvalue weighted by atomic mass is 32.2. The van der Waals surface area contributed by atoms with Gasteiger partial charge in [-0.2, -0.15) is 5.10 Å². The standard InChI is InChI=1S/C29H26N4O6S/c1-37-26-15-22(16-27(38-2)28(26)39-3)31-29(34)21-9-6-10-24(13-21)33-18-23(17-30-33)32-40(35,36)25-12-11-19-7-4-5-8-20(19)14-25/h4-18,32H,1-3H3,(H,31,34). The van der Waals surface area contributed by atoms with Crippen LogP contribution in [0.3, 0.4) is 0 Å². The summed E-state index contributed by atoms with van der Waals surface area (Å²) in [5.74, 6) is 0.846. The molecule has 0 radical (unpaired) electrons. The topological polar surface area (TPSA) is 121 Å². The molecule has 0 spiro atoms. The molecule has 0 atom stereocenters. The minimum absolute atomic E-state index is 0.143. The van der Waals surface area contributed by atoms with Crippen molar-refractivity contribution in [2.75, 3.05) is 31.4 Å². The van der Waals surface area contributed by atoms with Crippen molar-refractivity contribution in [3.05, 3.63) is 96.8 Å². The van der Waals surface area contributed by atoms with Crippen molar-refractivity contribution in [3.63, 3.8) is 0 Å². The van der Waals surface area contributed by atoms with Crippen LogP contribution in [-0.4, -0.2) is 45.4 Å². The van der Waals surface area contributed by atoms with E-state index in [0.29, 0.717) is 34.2 Å². The molecule has 204 valence electrons. The molecule has 4 aromatic carbocycles. The van der Waals surface area contributed by atoms with Crippen LogP contribution >= 0.6 is 0 Å². The molecule has 1 heterocycles. The lowest BCUT2D eigenvalue weighted by Crippen LogP contribution is -2.13. The summed E-state index contributed by atoms with van der Waals surface area (Å²) in [6, 6.07) is 22.5. The Bertz CT molecular complexity index is 1790. The van der Waals surface area contributed by atoms with Crippen LogP contribution in [0.25, 0.3) is 16.5 Å². The second-order valence-corrected chi connectivity index (χ2v) is 10.4. The van der Waals surface area contributed by atoms with E-state index in [1.165, 1.54) is 38.4 Å². The molecule has 1 amide bonds. The Balaban J connectivity index is 1.34. The van der Waals surface area contributed by atoms with E-state index >= 15 is 0 Å². The molecule has 0 aliphatic carbocycles. The molecule has 5 aromatic rings. The molecule has 0 saturated carbocycles. The number of carbonyl (C=O) groups excluding carboxylic acids is 1. The van der Waals surface area contributed by atoms with Crippen LogP contribution in [0.4, 0.5) is 11.4 Å². The van der Waals surface area contributed by atoms with E-state index in [9.17, 15) is 13.2 Å². The van der Waals surface area contributed by atoms with E-state index in [-0.39, 0.29) is 16.5 Å². The summed E-state index contributed by atoms with van der Waals surface area (Å²) in [6.45, 7) is 0.